The molecule has 4 aliphatic rings. The van der Waals surface area contributed by atoms with E-state index in [1.54, 1.807) is 0 Å². The summed E-state index contributed by atoms with van der Waals surface area (Å²) in [7, 11) is 0. The molecule has 4 fully saturated rings. The van der Waals surface area contributed by atoms with Crippen LogP contribution in [-0.2, 0) is 0 Å². The predicted octanol–water partition coefficient (Wildman–Crippen LogP) is 4.35. The van der Waals surface area contributed by atoms with Gasteiger partial charge in [-0.25, -0.2) is 5.32 Å². The number of nitrogens with zero attached hydrogens (tertiary/aromatic N) is 3. The zero-order valence-electron chi connectivity index (χ0n) is 15.7. The molecule has 0 N–H and O–H groups in total. The fourth-order valence-corrected chi connectivity index (χ4v) is 6.12. The fourth-order valence-electron chi connectivity index (χ4n) is 6.12. The van der Waals surface area contributed by atoms with Gasteiger partial charge in [-0.05, 0) is 57.3 Å². The quantitative estimate of drug-likeness (QED) is 0.749. The SMILES string of the molecule is C1CCCN(C2(N3CCC4CCCCC43)CCCCC[N]2)CCC1. The van der Waals surface area contributed by atoms with Gasteiger partial charge in [-0.3, -0.25) is 9.80 Å². The third kappa shape index (κ3) is 3.41. The molecule has 3 saturated heterocycles. The van der Waals surface area contributed by atoms with Gasteiger partial charge in [0, 0.05) is 32.2 Å². The molecule has 0 aromatic carbocycles. The van der Waals surface area contributed by atoms with Gasteiger partial charge in [-0.15, -0.1) is 0 Å². The van der Waals surface area contributed by atoms with Crippen molar-refractivity contribution in [3.63, 3.8) is 0 Å². The third-order valence-electron chi connectivity index (χ3n) is 7.37. The Hall–Kier alpha value is -0.120. The summed E-state index contributed by atoms with van der Waals surface area (Å²) in [6, 6.07) is 0.839. The lowest BCUT2D eigenvalue weighted by molar-refractivity contribution is -0.109. The summed E-state index contributed by atoms with van der Waals surface area (Å²) in [5.41, 5.74) is 0. The highest BCUT2D eigenvalue weighted by Gasteiger charge is 2.50. The zero-order valence-corrected chi connectivity index (χ0v) is 15.7. The van der Waals surface area contributed by atoms with E-state index >= 15 is 0 Å². The van der Waals surface area contributed by atoms with Gasteiger partial charge < -0.3 is 0 Å². The van der Waals surface area contributed by atoms with Crippen LogP contribution in [0.5, 0.6) is 0 Å². The lowest BCUT2D eigenvalue weighted by Crippen LogP contribution is -2.67. The van der Waals surface area contributed by atoms with E-state index in [1.807, 2.05) is 0 Å². The Kier molecular flexibility index (Phi) is 5.81. The van der Waals surface area contributed by atoms with Crippen molar-refractivity contribution in [3.05, 3.63) is 0 Å². The van der Waals surface area contributed by atoms with Crippen LogP contribution in [-0.4, -0.2) is 47.8 Å². The average Bonchev–Trinajstić information content (AvgIpc) is 2.86. The van der Waals surface area contributed by atoms with E-state index in [2.05, 4.69) is 9.80 Å². The molecule has 1 aliphatic carbocycles. The Bertz CT molecular complexity index is 381. The second-order valence-electron chi connectivity index (χ2n) is 8.82. The number of hydrogen-bond donors (Lipinski definition) is 0. The summed E-state index contributed by atoms with van der Waals surface area (Å²) >= 11 is 0. The van der Waals surface area contributed by atoms with E-state index in [4.69, 9.17) is 5.32 Å². The van der Waals surface area contributed by atoms with Gasteiger partial charge in [-0.2, -0.15) is 0 Å². The third-order valence-corrected chi connectivity index (χ3v) is 7.37. The standard InChI is InChI=1S/C21H38N3/c1-2-9-16-23(17-10-3-1)21(14-7-4-8-15-22-21)24-18-13-19-11-5-6-12-20(19)24/h19-20H,1-18H2. The predicted molar refractivity (Wildman–Crippen MR) is 99.9 cm³/mol. The highest BCUT2D eigenvalue weighted by atomic mass is 15.5. The van der Waals surface area contributed by atoms with Crippen LogP contribution in [0.4, 0.5) is 0 Å². The molecule has 137 valence electrons. The molecule has 0 spiro atoms. The van der Waals surface area contributed by atoms with Gasteiger partial charge in [-0.1, -0.05) is 38.5 Å². The van der Waals surface area contributed by atoms with E-state index < -0.39 is 0 Å². The van der Waals surface area contributed by atoms with Crippen LogP contribution in [0.2, 0.25) is 0 Å². The molecule has 0 bridgehead atoms. The Morgan fingerprint density at radius 3 is 2.29 bits per heavy atom. The Morgan fingerprint density at radius 1 is 0.667 bits per heavy atom. The van der Waals surface area contributed by atoms with Crippen LogP contribution in [0, 0.1) is 5.92 Å². The van der Waals surface area contributed by atoms with Crippen molar-refractivity contribution in [2.24, 2.45) is 5.92 Å². The van der Waals surface area contributed by atoms with E-state index in [0.717, 1.165) is 18.5 Å². The van der Waals surface area contributed by atoms with E-state index in [0.29, 0.717) is 0 Å². The maximum absolute atomic E-state index is 5.48. The maximum atomic E-state index is 5.48. The van der Waals surface area contributed by atoms with Gasteiger partial charge in [0.05, 0.1) is 0 Å². The lowest BCUT2D eigenvalue weighted by atomic mass is 9.84. The first kappa shape index (κ1) is 17.3. The van der Waals surface area contributed by atoms with Gasteiger partial charge in [0.15, 0.2) is 0 Å². The average molecular weight is 333 g/mol. The van der Waals surface area contributed by atoms with Crippen LogP contribution in [0.15, 0.2) is 0 Å². The molecule has 0 aromatic heterocycles. The molecular formula is C21H38N3. The van der Waals surface area contributed by atoms with Crippen molar-refractivity contribution in [1.82, 2.24) is 15.1 Å². The Morgan fingerprint density at radius 2 is 1.42 bits per heavy atom. The maximum Gasteiger partial charge on any atom is 0.144 e. The van der Waals surface area contributed by atoms with Crippen molar-refractivity contribution in [2.75, 3.05) is 26.2 Å². The summed E-state index contributed by atoms with van der Waals surface area (Å²) in [4.78, 5) is 5.79. The van der Waals surface area contributed by atoms with Crippen molar-refractivity contribution < 1.29 is 0 Å². The Labute approximate surface area is 149 Å². The van der Waals surface area contributed by atoms with Gasteiger partial charge in [0.25, 0.3) is 0 Å². The summed E-state index contributed by atoms with van der Waals surface area (Å²) in [5, 5.41) is 5.48. The molecule has 1 radical (unpaired) electrons. The van der Waals surface area contributed by atoms with Crippen molar-refractivity contribution in [2.45, 2.75) is 102 Å². The minimum Gasteiger partial charge on any atom is -0.272 e. The van der Waals surface area contributed by atoms with Crippen LogP contribution in [0.1, 0.15) is 89.9 Å². The minimum atomic E-state index is 0.0740. The smallest absolute Gasteiger partial charge is 0.144 e. The summed E-state index contributed by atoms with van der Waals surface area (Å²) in [5.74, 6) is 1.05. The van der Waals surface area contributed by atoms with Gasteiger partial charge >= 0.3 is 0 Å². The number of likely N-dealkylation sites (tertiary alicyclic amines) is 2. The van der Waals surface area contributed by atoms with Crippen molar-refractivity contribution in [3.8, 4) is 0 Å². The normalized spacial score (nSPS) is 40.5. The van der Waals surface area contributed by atoms with Crippen molar-refractivity contribution >= 4 is 0 Å². The molecular weight excluding hydrogens is 294 g/mol. The molecule has 3 heterocycles. The topological polar surface area (TPSA) is 20.6 Å². The summed E-state index contributed by atoms with van der Waals surface area (Å²) in [6.45, 7) is 4.99. The molecule has 3 atom stereocenters. The highest BCUT2D eigenvalue weighted by molar-refractivity contribution is 5.00. The summed E-state index contributed by atoms with van der Waals surface area (Å²) < 4.78 is 0. The molecule has 4 rings (SSSR count). The van der Waals surface area contributed by atoms with Crippen LogP contribution in [0.3, 0.4) is 0 Å². The molecule has 24 heavy (non-hydrogen) atoms. The first-order valence-electron chi connectivity index (χ1n) is 11.1. The van der Waals surface area contributed by atoms with Crippen LogP contribution < -0.4 is 5.32 Å². The number of hydrogen-bond acceptors (Lipinski definition) is 2. The van der Waals surface area contributed by atoms with Gasteiger partial charge in [0.1, 0.15) is 5.79 Å². The first-order chi connectivity index (χ1) is 11.9. The molecule has 3 unspecified atom stereocenters. The van der Waals surface area contributed by atoms with E-state index in [9.17, 15) is 0 Å². The first-order valence-corrected chi connectivity index (χ1v) is 11.1. The highest BCUT2D eigenvalue weighted by Crippen LogP contribution is 2.43. The monoisotopic (exact) mass is 332 g/mol. The van der Waals surface area contributed by atoms with E-state index in [-0.39, 0.29) is 5.79 Å². The van der Waals surface area contributed by atoms with Gasteiger partial charge in [0.2, 0.25) is 0 Å². The summed E-state index contributed by atoms with van der Waals surface area (Å²) in [6.07, 6.45) is 19.8. The number of rotatable bonds is 2. The molecule has 3 nitrogen and oxygen atoms in total. The lowest BCUT2D eigenvalue weighted by Gasteiger charge is -2.52. The van der Waals surface area contributed by atoms with Crippen molar-refractivity contribution in [1.29, 1.82) is 0 Å². The molecule has 1 saturated carbocycles. The molecule has 3 heteroatoms. The van der Waals surface area contributed by atoms with Crippen LogP contribution >= 0.6 is 0 Å². The van der Waals surface area contributed by atoms with E-state index in [1.165, 1.54) is 110 Å². The molecule has 3 aliphatic heterocycles. The fraction of sp³-hybridized carbons (Fsp3) is 1.00. The van der Waals surface area contributed by atoms with Crippen LogP contribution in [0.25, 0.3) is 0 Å². The second-order valence-corrected chi connectivity index (χ2v) is 8.82. The largest absolute Gasteiger partial charge is 0.272 e. The molecule has 0 amide bonds. The Balaban J connectivity index is 1.59. The zero-order chi connectivity index (χ0) is 16.2. The molecule has 0 aromatic rings. The second kappa shape index (κ2) is 8.05. The minimum absolute atomic E-state index is 0.0740. The number of fused-ring (bicyclic) bond motifs is 1.